The molecule has 0 amide bonds. The molecule has 1 heterocycles. The van der Waals surface area contributed by atoms with Crippen molar-refractivity contribution in [3.63, 3.8) is 0 Å². The van der Waals surface area contributed by atoms with Crippen molar-refractivity contribution in [2.75, 3.05) is 0 Å². The van der Waals surface area contributed by atoms with Gasteiger partial charge in [0, 0.05) is 26.4 Å². The van der Waals surface area contributed by atoms with Crippen molar-refractivity contribution in [1.82, 2.24) is 0 Å². The molecule has 1 unspecified atom stereocenters. The summed E-state index contributed by atoms with van der Waals surface area (Å²) in [5, 5.41) is 0.793. The Morgan fingerprint density at radius 1 is 1.25 bits per heavy atom. The van der Waals surface area contributed by atoms with E-state index in [1.165, 1.54) is 9.75 Å². The molecule has 0 aliphatic rings. The third-order valence-electron chi connectivity index (χ3n) is 2.57. The van der Waals surface area contributed by atoms with Crippen LogP contribution in [0.15, 0.2) is 36.4 Å². The van der Waals surface area contributed by atoms with Gasteiger partial charge in [-0.25, -0.2) is 0 Å². The van der Waals surface area contributed by atoms with E-state index in [2.05, 4.69) is 19.1 Å². The predicted molar refractivity (Wildman–Crippen MR) is 72.0 cm³/mol. The average molecular weight is 252 g/mol. The summed E-state index contributed by atoms with van der Waals surface area (Å²) in [6.45, 7) is 2.10. The lowest BCUT2D eigenvalue weighted by Crippen LogP contribution is -2.05. The third-order valence-corrected chi connectivity index (χ3v) is 4.15. The van der Waals surface area contributed by atoms with Crippen molar-refractivity contribution in [3.05, 3.63) is 46.3 Å². The van der Waals surface area contributed by atoms with Crippen LogP contribution in [0.2, 0.25) is 5.02 Å². The molecule has 1 atom stereocenters. The summed E-state index contributed by atoms with van der Waals surface area (Å²) in [4.78, 5) is 2.40. The van der Waals surface area contributed by atoms with E-state index in [-0.39, 0.29) is 6.04 Å². The first-order chi connectivity index (χ1) is 7.72. The molecule has 0 spiro atoms. The van der Waals surface area contributed by atoms with Crippen LogP contribution < -0.4 is 5.73 Å². The molecular formula is C13H14ClNS. The molecule has 2 N–H and O–H groups in total. The van der Waals surface area contributed by atoms with Crippen molar-refractivity contribution in [2.24, 2.45) is 5.73 Å². The second kappa shape index (κ2) is 5.00. The second-order valence-electron chi connectivity index (χ2n) is 3.70. The van der Waals surface area contributed by atoms with Crippen LogP contribution in [0.4, 0.5) is 0 Å². The summed E-state index contributed by atoms with van der Waals surface area (Å²) < 4.78 is 0. The minimum atomic E-state index is 0.140. The smallest absolute Gasteiger partial charge is 0.0492 e. The lowest BCUT2D eigenvalue weighted by Gasteiger charge is -2.04. The molecule has 16 heavy (non-hydrogen) atoms. The Bertz CT molecular complexity index is 478. The Hall–Kier alpha value is -0.830. The second-order valence-corrected chi connectivity index (χ2v) is 5.22. The lowest BCUT2D eigenvalue weighted by atomic mass is 10.2. The number of nitrogens with two attached hydrogens (primary N) is 1. The average Bonchev–Trinajstić information content (AvgIpc) is 2.78. The molecule has 2 aromatic rings. The quantitative estimate of drug-likeness (QED) is 0.855. The SMILES string of the molecule is CCC(N)c1ccc(-c2ccccc2Cl)s1. The zero-order chi connectivity index (χ0) is 11.5. The lowest BCUT2D eigenvalue weighted by molar-refractivity contribution is 0.712. The van der Waals surface area contributed by atoms with E-state index in [0.29, 0.717) is 0 Å². The summed E-state index contributed by atoms with van der Waals surface area (Å²) in [5.74, 6) is 0. The molecule has 0 bridgehead atoms. The Labute approximate surface area is 105 Å². The fourth-order valence-corrected chi connectivity index (χ4v) is 2.98. The van der Waals surface area contributed by atoms with E-state index < -0.39 is 0 Å². The van der Waals surface area contributed by atoms with Crippen LogP contribution in [0.1, 0.15) is 24.3 Å². The van der Waals surface area contributed by atoms with Gasteiger partial charge in [0.1, 0.15) is 0 Å². The molecule has 0 aliphatic carbocycles. The van der Waals surface area contributed by atoms with Crippen molar-refractivity contribution < 1.29 is 0 Å². The van der Waals surface area contributed by atoms with Gasteiger partial charge in [-0.3, -0.25) is 0 Å². The first-order valence-corrected chi connectivity index (χ1v) is 6.52. The topological polar surface area (TPSA) is 26.0 Å². The van der Waals surface area contributed by atoms with Gasteiger partial charge in [0.25, 0.3) is 0 Å². The Balaban J connectivity index is 2.35. The van der Waals surface area contributed by atoms with Gasteiger partial charge in [-0.05, 0) is 24.6 Å². The van der Waals surface area contributed by atoms with Gasteiger partial charge < -0.3 is 5.73 Å². The highest BCUT2D eigenvalue weighted by Crippen LogP contribution is 2.35. The maximum absolute atomic E-state index is 6.16. The van der Waals surface area contributed by atoms with Crippen LogP contribution in [0.5, 0.6) is 0 Å². The van der Waals surface area contributed by atoms with Gasteiger partial charge in [-0.15, -0.1) is 11.3 Å². The molecule has 0 saturated heterocycles. The molecule has 2 rings (SSSR count). The summed E-state index contributed by atoms with van der Waals surface area (Å²) in [7, 11) is 0. The molecule has 84 valence electrons. The molecular weight excluding hydrogens is 238 g/mol. The van der Waals surface area contributed by atoms with Gasteiger partial charge in [0.15, 0.2) is 0 Å². The van der Waals surface area contributed by atoms with E-state index in [9.17, 15) is 0 Å². The van der Waals surface area contributed by atoms with Crippen LogP contribution in [-0.4, -0.2) is 0 Å². The van der Waals surface area contributed by atoms with Gasteiger partial charge in [0.2, 0.25) is 0 Å². The van der Waals surface area contributed by atoms with Crippen LogP contribution in [0.3, 0.4) is 0 Å². The third kappa shape index (κ3) is 2.29. The molecule has 1 aromatic carbocycles. The summed E-state index contributed by atoms with van der Waals surface area (Å²) in [6, 6.07) is 12.2. The Morgan fingerprint density at radius 3 is 2.69 bits per heavy atom. The number of thiophene rings is 1. The molecule has 0 radical (unpaired) electrons. The highest BCUT2D eigenvalue weighted by Gasteiger charge is 2.09. The van der Waals surface area contributed by atoms with Crippen molar-refractivity contribution in [1.29, 1.82) is 0 Å². The number of hydrogen-bond donors (Lipinski definition) is 1. The maximum Gasteiger partial charge on any atom is 0.0492 e. The minimum Gasteiger partial charge on any atom is -0.323 e. The predicted octanol–water partition coefficient (Wildman–Crippen LogP) is 4.48. The normalized spacial score (nSPS) is 12.7. The van der Waals surface area contributed by atoms with Gasteiger partial charge in [-0.2, -0.15) is 0 Å². The van der Waals surface area contributed by atoms with Crippen LogP contribution >= 0.6 is 22.9 Å². The number of rotatable bonds is 3. The van der Waals surface area contributed by atoms with Crippen molar-refractivity contribution in [3.8, 4) is 10.4 Å². The number of halogens is 1. The first kappa shape index (κ1) is 11.6. The highest BCUT2D eigenvalue weighted by molar-refractivity contribution is 7.15. The maximum atomic E-state index is 6.16. The van der Waals surface area contributed by atoms with E-state index >= 15 is 0 Å². The largest absolute Gasteiger partial charge is 0.323 e. The molecule has 0 fully saturated rings. The molecule has 3 heteroatoms. The van der Waals surface area contributed by atoms with Crippen molar-refractivity contribution in [2.45, 2.75) is 19.4 Å². The van der Waals surface area contributed by atoms with Gasteiger partial charge in [0.05, 0.1) is 0 Å². The fourth-order valence-electron chi connectivity index (χ4n) is 1.56. The Kier molecular flexibility index (Phi) is 3.64. The summed E-state index contributed by atoms with van der Waals surface area (Å²) in [6.07, 6.45) is 0.961. The van der Waals surface area contributed by atoms with Crippen LogP contribution in [0.25, 0.3) is 10.4 Å². The van der Waals surface area contributed by atoms with E-state index in [4.69, 9.17) is 17.3 Å². The van der Waals surface area contributed by atoms with Crippen LogP contribution in [0, 0.1) is 0 Å². The minimum absolute atomic E-state index is 0.140. The summed E-state index contributed by atoms with van der Waals surface area (Å²) in [5.41, 5.74) is 7.09. The zero-order valence-corrected chi connectivity index (χ0v) is 10.7. The summed E-state index contributed by atoms with van der Waals surface area (Å²) >= 11 is 7.88. The first-order valence-electron chi connectivity index (χ1n) is 5.32. The van der Waals surface area contributed by atoms with Crippen molar-refractivity contribution >= 4 is 22.9 Å². The number of benzene rings is 1. The highest BCUT2D eigenvalue weighted by atomic mass is 35.5. The van der Waals surface area contributed by atoms with E-state index in [1.807, 2.05) is 24.3 Å². The zero-order valence-electron chi connectivity index (χ0n) is 9.11. The fraction of sp³-hybridized carbons (Fsp3) is 0.231. The molecule has 1 nitrogen and oxygen atoms in total. The standard InChI is InChI=1S/C13H14ClNS/c1-2-11(15)13-8-7-12(16-13)9-5-3-4-6-10(9)14/h3-8,11H,2,15H2,1H3. The van der Waals surface area contributed by atoms with E-state index in [0.717, 1.165) is 17.0 Å². The Morgan fingerprint density at radius 2 is 2.00 bits per heavy atom. The van der Waals surface area contributed by atoms with Crippen LogP contribution in [-0.2, 0) is 0 Å². The van der Waals surface area contributed by atoms with Gasteiger partial charge >= 0.3 is 0 Å². The molecule has 0 aliphatic heterocycles. The van der Waals surface area contributed by atoms with E-state index in [1.54, 1.807) is 11.3 Å². The van der Waals surface area contributed by atoms with Gasteiger partial charge in [-0.1, -0.05) is 36.7 Å². The monoisotopic (exact) mass is 251 g/mol. The molecule has 1 aromatic heterocycles. The number of hydrogen-bond acceptors (Lipinski definition) is 2. The molecule has 0 saturated carbocycles.